The quantitative estimate of drug-likeness (QED) is 0.269. The number of fused-ring (bicyclic) bond motifs is 1. The Morgan fingerprint density at radius 2 is 1.78 bits per heavy atom. The molecule has 1 fully saturated rings. The van der Waals surface area contributed by atoms with Crippen molar-refractivity contribution < 1.29 is 9.50 Å². The lowest BCUT2D eigenvalue weighted by molar-refractivity contribution is 0.402. The summed E-state index contributed by atoms with van der Waals surface area (Å²) in [4.78, 5) is 6.92. The molecule has 186 valence electrons. The van der Waals surface area contributed by atoms with Crippen LogP contribution in [0.25, 0.3) is 22.0 Å². The molecule has 6 heteroatoms. The molecule has 1 heterocycles. The van der Waals surface area contributed by atoms with Crippen molar-refractivity contribution in [1.82, 2.24) is 9.88 Å². The number of phenols is 1. The molecule has 1 aliphatic carbocycles. The first-order valence-electron chi connectivity index (χ1n) is 12.5. The van der Waals surface area contributed by atoms with Gasteiger partial charge in [-0.3, -0.25) is 4.98 Å². The van der Waals surface area contributed by atoms with Gasteiger partial charge >= 0.3 is 0 Å². The maximum atomic E-state index is 14.2. The number of pyridine rings is 1. The molecule has 1 saturated carbocycles. The molecule has 0 amide bonds. The average molecular weight is 504 g/mol. The SMILES string of the molecule is CN(C)Cc1ccc(Nc2c(CC3CCCC3)cnc3ccc(-c4cc(F)c(O)c(Cl)c4)cc23)cc1. The zero-order valence-electron chi connectivity index (χ0n) is 20.7. The van der Waals surface area contributed by atoms with Crippen LogP contribution in [0.1, 0.15) is 36.8 Å². The van der Waals surface area contributed by atoms with Crippen LogP contribution in [0.5, 0.6) is 5.75 Å². The Morgan fingerprint density at radius 1 is 1.03 bits per heavy atom. The van der Waals surface area contributed by atoms with E-state index in [1.807, 2.05) is 24.4 Å². The highest BCUT2D eigenvalue weighted by Gasteiger charge is 2.19. The third-order valence-electron chi connectivity index (χ3n) is 7.00. The number of hydrogen-bond donors (Lipinski definition) is 2. The van der Waals surface area contributed by atoms with E-state index in [9.17, 15) is 9.50 Å². The molecule has 0 aliphatic heterocycles. The maximum absolute atomic E-state index is 14.2. The van der Waals surface area contributed by atoms with Gasteiger partial charge in [0, 0.05) is 23.8 Å². The van der Waals surface area contributed by atoms with Crippen LogP contribution in [-0.2, 0) is 13.0 Å². The van der Waals surface area contributed by atoms with Crippen LogP contribution in [0.15, 0.2) is 60.8 Å². The number of nitrogens with zero attached hydrogens (tertiary/aromatic N) is 2. The van der Waals surface area contributed by atoms with Gasteiger partial charge in [0.15, 0.2) is 11.6 Å². The van der Waals surface area contributed by atoms with E-state index in [1.165, 1.54) is 42.9 Å². The summed E-state index contributed by atoms with van der Waals surface area (Å²) in [5.41, 5.74) is 6.79. The fraction of sp³-hybridized carbons (Fsp3) is 0.300. The second-order valence-electron chi connectivity index (χ2n) is 10.1. The minimum absolute atomic E-state index is 0.00521. The summed E-state index contributed by atoms with van der Waals surface area (Å²) in [5.74, 6) is -0.593. The van der Waals surface area contributed by atoms with Gasteiger partial charge in [0.05, 0.1) is 16.2 Å². The number of benzene rings is 3. The summed E-state index contributed by atoms with van der Waals surface area (Å²) < 4.78 is 14.2. The van der Waals surface area contributed by atoms with Crippen molar-refractivity contribution in [2.75, 3.05) is 19.4 Å². The molecule has 0 atom stereocenters. The van der Waals surface area contributed by atoms with Crippen LogP contribution in [0.2, 0.25) is 5.02 Å². The summed E-state index contributed by atoms with van der Waals surface area (Å²) >= 11 is 6.07. The van der Waals surface area contributed by atoms with Gasteiger partial charge in [-0.15, -0.1) is 0 Å². The Bertz CT molecular complexity index is 1360. The number of aromatic nitrogens is 1. The Morgan fingerprint density at radius 3 is 2.47 bits per heavy atom. The van der Waals surface area contributed by atoms with Gasteiger partial charge in [-0.2, -0.15) is 0 Å². The van der Waals surface area contributed by atoms with Crippen LogP contribution in [0.4, 0.5) is 15.8 Å². The number of phenolic OH excluding ortho intramolecular Hbond substituents is 1. The first-order valence-corrected chi connectivity index (χ1v) is 12.9. The topological polar surface area (TPSA) is 48.4 Å². The van der Waals surface area contributed by atoms with E-state index >= 15 is 0 Å². The largest absolute Gasteiger partial charge is 0.504 e. The lowest BCUT2D eigenvalue weighted by Crippen LogP contribution is -2.10. The number of aromatic hydroxyl groups is 1. The molecule has 3 aromatic carbocycles. The highest BCUT2D eigenvalue weighted by Crippen LogP contribution is 2.38. The number of nitrogens with one attached hydrogen (secondary N) is 1. The Hall–Kier alpha value is -3.15. The van der Waals surface area contributed by atoms with E-state index in [2.05, 4.69) is 48.6 Å². The van der Waals surface area contributed by atoms with Crippen molar-refractivity contribution in [1.29, 1.82) is 0 Å². The molecule has 1 aliphatic rings. The van der Waals surface area contributed by atoms with E-state index in [-0.39, 0.29) is 5.02 Å². The third kappa shape index (κ3) is 5.32. The van der Waals surface area contributed by atoms with Crippen molar-refractivity contribution >= 4 is 33.9 Å². The van der Waals surface area contributed by atoms with Crippen LogP contribution in [0, 0.1) is 11.7 Å². The predicted molar refractivity (Wildman–Crippen MR) is 147 cm³/mol. The molecule has 0 unspecified atom stereocenters. The lowest BCUT2D eigenvalue weighted by Gasteiger charge is -2.18. The van der Waals surface area contributed by atoms with Gasteiger partial charge < -0.3 is 15.3 Å². The van der Waals surface area contributed by atoms with Crippen LogP contribution in [-0.4, -0.2) is 29.1 Å². The Kier molecular flexibility index (Phi) is 7.13. The fourth-order valence-corrected chi connectivity index (χ4v) is 5.38. The highest BCUT2D eigenvalue weighted by atomic mass is 35.5. The second-order valence-corrected chi connectivity index (χ2v) is 10.5. The molecular weight excluding hydrogens is 473 g/mol. The van der Waals surface area contributed by atoms with Crippen molar-refractivity contribution in [3.63, 3.8) is 0 Å². The van der Waals surface area contributed by atoms with Crippen molar-refractivity contribution in [3.05, 3.63) is 82.8 Å². The van der Waals surface area contributed by atoms with E-state index in [0.717, 1.165) is 40.8 Å². The van der Waals surface area contributed by atoms with Crippen LogP contribution >= 0.6 is 11.6 Å². The molecule has 1 aromatic heterocycles. The second kappa shape index (κ2) is 10.5. The molecule has 0 spiro atoms. The smallest absolute Gasteiger partial charge is 0.170 e. The van der Waals surface area contributed by atoms with Gasteiger partial charge in [-0.25, -0.2) is 4.39 Å². The summed E-state index contributed by atoms with van der Waals surface area (Å²) in [7, 11) is 4.13. The van der Waals surface area contributed by atoms with Crippen LogP contribution < -0.4 is 5.32 Å². The van der Waals surface area contributed by atoms with Gasteiger partial charge in [-0.05, 0) is 85.1 Å². The van der Waals surface area contributed by atoms with Gasteiger partial charge in [0.1, 0.15) is 0 Å². The molecular formula is C30H31ClFN3O. The number of hydrogen-bond acceptors (Lipinski definition) is 4. The van der Waals surface area contributed by atoms with Crippen molar-refractivity contribution in [2.24, 2.45) is 5.92 Å². The molecule has 2 N–H and O–H groups in total. The fourth-order valence-electron chi connectivity index (χ4n) is 5.18. The zero-order chi connectivity index (χ0) is 25.2. The van der Waals surface area contributed by atoms with Gasteiger partial charge in [0.25, 0.3) is 0 Å². The minimum atomic E-state index is -0.734. The zero-order valence-corrected chi connectivity index (χ0v) is 21.4. The van der Waals surface area contributed by atoms with Gasteiger partial charge in [-0.1, -0.05) is 55.5 Å². The Balaban J connectivity index is 1.58. The number of rotatable bonds is 7. The molecule has 0 radical (unpaired) electrons. The summed E-state index contributed by atoms with van der Waals surface area (Å²) in [6, 6.07) is 17.3. The molecule has 5 rings (SSSR count). The van der Waals surface area contributed by atoms with E-state index in [1.54, 1.807) is 6.07 Å². The highest BCUT2D eigenvalue weighted by molar-refractivity contribution is 6.32. The maximum Gasteiger partial charge on any atom is 0.170 e. The van der Waals surface area contributed by atoms with E-state index in [0.29, 0.717) is 11.5 Å². The lowest BCUT2D eigenvalue weighted by atomic mass is 9.95. The summed E-state index contributed by atoms with van der Waals surface area (Å²) in [6.07, 6.45) is 8.07. The normalized spacial score (nSPS) is 14.1. The predicted octanol–water partition coefficient (Wildman–Crippen LogP) is 7.94. The van der Waals surface area contributed by atoms with Crippen molar-refractivity contribution in [3.8, 4) is 16.9 Å². The summed E-state index contributed by atoms with van der Waals surface area (Å²) in [5, 5.41) is 14.4. The standard InChI is InChI=1S/C30H31ClFN3O/c1-35(2)18-20-7-10-24(11-8-20)34-29-23(13-19-5-3-4-6-19)17-33-28-12-9-21(14-25(28)29)22-15-26(31)30(36)27(32)16-22/h7-12,14-17,19,36H,3-6,13,18H2,1-2H3,(H,33,34). The number of anilines is 2. The first kappa shape index (κ1) is 24.5. The molecule has 36 heavy (non-hydrogen) atoms. The van der Waals surface area contributed by atoms with Crippen LogP contribution in [0.3, 0.4) is 0 Å². The third-order valence-corrected chi connectivity index (χ3v) is 7.29. The first-order chi connectivity index (χ1) is 17.4. The van der Waals surface area contributed by atoms with Crippen molar-refractivity contribution in [2.45, 2.75) is 38.6 Å². The molecule has 4 aromatic rings. The van der Waals surface area contributed by atoms with E-state index < -0.39 is 11.6 Å². The monoisotopic (exact) mass is 503 g/mol. The molecule has 4 nitrogen and oxygen atoms in total. The number of halogens is 2. The van der Waals surface area contributed by atoms with Gasteiger partial charge in [0.2, 0.25) is 0 Å². The average Bonchev–Trinajstić information content (AvgIpc) is 3.37. The summed E-state index contributed by atoms with van der Waals surface area (Å²) in [6.45, 7) is 0.889. The molecule has 0 bridgehead atoms. The van der Waals surface area contributed by atoms with E-state index in [4.69, 9.17) is 16.6 Å². The minimum Gasteiger partial charge on any atom is -0.504 e. The Labute approximate surface area is 216 Å². The molecule has 0 saturated heterocycles.